The van der Waals surface area contributed by atoms with Gasteiger partial charge in [0.05, 0.1) is 6.10 Å². The minimum atomic E-state index is -0.548. The molecule has 0 fully saturated rings. The van der Waals surface area contributed by atoms with Crippen LogP contribution in [0.2, 0.25) is 0 Å². The molecule has 0 aliphatic carbocycles. The van der Waals surface area contributed by atoms with E-state index in [0.29, 0.717) is 5.56 Å². The highest BCUT2D eigenvalue weighted by Crippen LogP contribution is 2.18. The lowest BCUT2D eigenvalue weighted by molar-refractivity contribution is 0.0924. The maximum atomic E-state index is 11.8. The second-order valence-electron chi connectivity index (χ2n) is 4.39. The van der Waals surface area contributed by atoms with Gasteiger partial charge in [0.1, 0.15) is 0 Å². The second-order valence-corrected chi connectivity index (χ2v) is 5.16. The fourth-order valence-corrected chi connectivity index (χ4v) is 2.28. The van der Waals surface area contributed by atoms with E-state index in [-0.39, 0.29) is 12.5 Å². The van der Waals surface area contributed by atoms with Crippen LogP contribution in [0.1, 0.15) is 17.3 Å². The normalized spacial score (nSPS) is 12.2. The van der Waals surface area contributed by atoms with E-state index < -0.39 is 6.10 Å². The molecule has 1 atom stereocenters. The number of aromatic nitrogens is 2. The average Bonchev–Trinajstić information content (AvgIpc) is 2.93. The Kier molecular flexibility index (Phi) is 4.81. The Morgan fingerprint density at radius 3 is 2.75 bits per heavy atom. The van der Waals surface area contributed by atoms with Gasteiger partial charge in [0.25, 0.3) is 5.91 Å². The SMILES string of the molecule is CSc1nccn1-c1ccc(C(=O)NCC(C)O)cc1. The van der Waals surface area contributed by atoms with Crippen LogP contribution in [0.15, 0.2) is 41.8 Å². The van der Waals surface area contributed by atoms with Gasteiger partial charge < -0.3 is 10.4 Å². The van der Waals surface area contributed by atoms with Gasteiger partial charge in [-0.3, -0.25) is 9.36 Å². The van der Waals surface area contributed by atoms with Crippen LogP contribution in [0.3, 0.4) is 0 Å². The Balaban J connectivity index is 2.12. The van der Waals surface area contributed by atoms with E-state index in [9.17, 15) is 4.79 Å². The molecular weight excluding hydrogens is 274 g/mol. The van der Waals surface area contributed by atoms with Crippen molar-refractivity contribution in [3.8, 4) is 5.69 Å². The van der Waals surface area contributed by atoms with Crippen molar-refractivity contribution in [2.45, 2.75) is 18.2 Å². The van der Waals surface area contributed by atoms with E-state index in [4.69, 9.17) is 5.11 Å². The highest BCUT2D eigenvalue weighted by molar-refractivity contribution is 7.98. The number of amides is 1. The van der Waals surface area contributed by atoms with Crippen molar-refractivity contribution < 1.29 is 9.90 Å². The maximum Gasteiger partial charge on any atom is 0.251 e. The Morgan fingerprint density at radius 1 is 1.45 bits per heavy atom. The first-order chi connectivity index (χ1) is 9.61. The summed E-state index contributed by atoms with van der Waals surface area (Å²) in [7, 11) is 0. The summed E-state index contributed by atoms with van der Waals surface area (Å²) >= 11 is 1.56. The van der Waals surface area contributed by atoms with Crippen LogP contribution in [0.5, 0.6) is 0 Å². The number of rotatable bonds is 5. The number of hydrogen-bond acceptors (Lipinski definition) is 4. The minimum absolute atomic E-state index is 0.187. The molecular formula is C14H17N3O2S. The van der Waals surface area contributed by atoms with E-state index in [2.05, 4.69) is 10.3 Å². The largest absolute Gasteiger partial charge is 0.392 e. The number of hydrogen-bond donors (Lipinski definition) is 2. The average molecular weight is 291 g/mol. The van der Waals surface area contributed by atoms with Gasteiger partial charge in [0.2, 0.25) is 0 Å². The van der Waals surface area contributed by atoms with Gasteiger partial charge in [-0.05, 0) is 37.4 Å². The molecule has 0 radical (unpaired) electrons. The first kappa shape index (κ1) is 14.6. The van der Waals surface area contributed by atoms with Gasteiger partial charge in [0.15, 0.2) is 5.16 Å². The van der Waals surface area contributed by atoms with Crippen molar-refractivity contribution in [2.24, 2.45) is 0 Å². The first-order valence-electron chi connectivity index (χ1n) is 6.26. The number of carbonyl (C=O) groups excluding carboxylic acids is 1. The predicted octanol–water partition coefficient (Wildman–Crippen LogP) is 1.70. The smallest absolute Gasteiger partial charge is 0.251 e. The zero-order valence-corrected chi connectivity index (χ0v) is 12.2. The summed E-state index contributed by atoms with van der Waals surface area (Å²) in [5.41, 5.74) is 1.53. The van der Waals surface area contributed by atoms with Crippen LogP contribution >= 0.6 is 11.8 Å². The van der Waals surface area contributed by atoms with Crippen LogP contribution < -0.4 is 5.32 Å². The van der Waals surface area contributed by atoms with E-state index >= 15 is 0 Å². The molecule has 0 spiro atoms. The molecule has 106 valence electrons. The van der Waals surface area contributed by atoms with E-state index in [0.717, 1.165) is 10.8 Å². The molecule has 2 aromatic rings. The lowest BCUT2D eigenvalue weighted by Gasteiger charge is -2.09. The lowest BCUT2D eigenvalue weighted by atomic mass is 10.2. The molecule has 20 heavy (non-hydrogen) atoms. The highest BCUT2D eigenvalue weighted by atomic mass is 32.2. The van der Waals surface area contributed by atoms with Crippen LogP contribution in [-0.4, -0.2) is 39.5 Å². The van der Waals surface area contributed by atoms with E-state index in [1.165, 1.54) is 0 Å². The number of nitrogens with one attached hydrogen (secondary N) is 1. The first-order valence-corrected chi connectivity index (χ1v) is 7.48. The summed E-state index contributed by atoms with van der Waals surface area (Å²) in [5.74, 6) is -0.187. The molecule has 1 aromatic heterocycles. The molecule has 0 aliphatic rings. The van der Waals surface area contributed by atoms with E-state index in [1.54, 1.807) is 37.0 Å². The van der Waals surface area contributed by atoms with Crippen molar-refractivity contribution in [3.05, 3.63) is 42.2 Å². The third-order valence-corrected chi connectivity index (χ3v) is 3.42. The lowest BCUT2D eigenvalue weighted by Crippen LogP contribution is -2.30. The van der Waals surface area contributed by atoms with Crippen LogP contribution in [0.25, 0.3) is 5.69 Å². The third kappa shape index (κ3) is 3.40. The summed E-state index contributed by atoms with van der Waals surface area (Å²) in [6.45, 7) is 1.88. The molecule has 2 N–H and O–H groups in total. The maximum absolute atomic E-state index is 11.8. The molecule has 0 aliphatic heterocycles. The minimum Gasteiger partial charge on any atom is -0.392 e. The molecule has 1 aromatic carbocycles. The summed E-state index contributed by atoms with van der Waals surface area (Å²) in [5, 5.41) is 12.7. The molecule has 2 rings (SSSR count). The van der Waals surface area contributed by atoms with Crippen molar-refractivity contribution in [2.75, 3.05) is 12.8 Å². The molecule has 1 amide bonds. The van der Waals surface area contributed by atoms with Gasteiger partial charge >= 0.3 is 0 Å². The second kappa shape index (κ2) is 6.58. The zero-order chi connectivity index (χ0) is 14.5. The quantitative estimate of drug-likeness (QED) is 0.823. The Bertz CT molecular complexity index is 578. The van der Waals surface area contributed by atoms with Crippen molar-refractivity contribution >= 4 is 17.7 Å². The van der Waals surface area contributed by atoms with Crippen molar-refractivity contribution in [1.82, 2.24) is 14.9 Å². The van der Waals surface area contributed by atoms with Crippen LogP contribution in [0, 0.1) is 0 Å². The fourth-order valence-electron chi connectivity index (χ4n) is 1.75. The standard InChI is InChI=1S/C14H17N3O2S/c1-10(18)9-16-13(19)11-3-5-12(6-4-11)17-8-7-15-14(17)20-2/h3-8,10,18H,9H2,1-2H3,(H,16,19). The summed E-state index contributed by atoms with van der Waals surface area (Å²) in [6.07, 6.45) is 5.05. The topological polar surface area (TPSA) is 67.2 Å². The van der Waals surface area contributed by atoms with Crippen LogP contribution in [-0.2, 0) is 0 Å². The fraction of sp³-hybridized carbons (Fsp3) is 0.286. The van der Waals surface area contributed by atoms with Crippen molar-refractivity contribution in [1.29, 1.82) is 0 Å². The summed E-state index contributed by atoms with van der Waals surface area (Å²) in [4.78, 5) is 16.1. The Labute approximate surface area is 122 Å². The molecule has 0 saturated carbocycles. The van der Waals surface area contributed by atoms with Gasteiger partial charge in [-0.25, -0.2) is 4.98 Å². The summed E-state index contributed by atoms with van der Waals surface area (Å²) < 4.78 is 1.96. The predicted molar refractivity (Wildman–Crippen MR) is 79.4 cm³/mol. The molecule has 0 bridgehead atoms. The zero-order valence-electron chi connectivity index (χ0n) is 11.4. The molecule has 5 nitrogen and oxygen atoms in total. The monoisotopic (exact) mass is 291 g/mol. The third-order valence-electron chi connectivity index (χ3n) is 2.76. The number of aliphatic hydroxyl groups is 1. The van der Waals surface area contributed by atoms with E-state index in [1.807, 2.05) is 29.2 Å². The highest BCUT2D eigenvalue weighted by Gasteiger charge is 2.08. The van der Waals surface area contributed by atoms with Gasteiger partial charge in [-0.2, -0.15) is 0 Å². The molecule has 6 heteroatoms. The number of benzene rings is 1. The summed E-state index contributed by atoms with van der Waals surface area (Å²) in [6, 6.07) is 7.27. The number of aliphatic hydroxyl groups excluding tert-OH is 1. The number of nitrogens with zero attached hydrogens (tertiary/aromatic N) is 2. The van der Waals surface area contributed by atoms with Gasteiger partial charge in [0, 0.05) is 30.2 Å². The van der Waals surface area contributed by atoms with Gasteiger partial charge in [-0.15, -0.1) is 0 Å². The number of carbonyl (C=O) groups is 1. The Morgan fingerprint density at radius 2 is 2.15 bits per heavy atom. The Hall–Kier alpha value is -1.79. The molecule has 1 unspecified atom stereocenters. The van der Waals surface area contributed by atoms with Crippen LogP contribution in [0.4, 0.5) is 0 Å². The molecule has 1 heterocycles. The number of thioether (sulfide) groups is 1. The van der Waals surface area contributed by atoms with Crippen molar-refractivity contribution in [3.63, 3.8) is 0 Å². The van der Waals surface area contributed by atoms with Gasteiger partial charge in [-0.1, -0.05) is 11.8 Å². The molecule has 0 saturated heterocycles. The number of imidazole rings is 1.